The molecule has 6 heteroatoms. The number of rotatable bonds is 2. The van der Waals surface area contributed by atoms with Crippen LogP contribution in [0.3, 0.4) is 0 Å². The second-order valence-electron chi connectivity index (χ2n) is 2.71. The quantitative estimate of drug-likeness (QED) is 0.798. The highest BCUT2D eigenvalue weighted by atomic mass is 19.3. The molecule has 0 spiro atoms. The Morgan fingerprint density at radius 2 is 2.13 bits per heavy atom. The van der Waals surface area contributed by atoms with E-state index in [1.165, 1.54) is 0 Å². The Morgan fingerprint density at radius 3 is 2.60 bits per heavy atom. The Hall–Kier alpha value is -2.21. The number of pyridine rings is 1. The van der Waals surface area contributed by atoms with Gasteiger partial charge in [0.05, 0.1) is 29.4 Å². The van der Waals surface area contributed by atoms with E-state index in [9.17, 15) is 8.78 Å². The maximum Gasteiger partial charge on any atom is 0.280 e. The van der Waals surface area contributed by atoms with Crippen LogP contribution in [0.5, 0.6) is 0 Å². The number of hydrogen-bond acceptors (Lipinski definition) is 4. The Balaban J connectivity index is 3.35. The van der Waals surface area contributed by atoms with Gasteiger partial charge in [-0.3, -0.25) is 0 Å². The molecule has 1 aromatic rings. The lowest BCUT2D eigenvalue weighted by molar-refractivity contribution is 0.146. The summed E-state index contributed by atoms with van der Waals surface area (Å²) in [5.74, 6) is 0. The smallest absolute Gasteiger partial charge is 0.280 e. The van der Waals surface area contributed by atoms with Crippen molar-refractivity contribution in [1.29, 1.82) is 10.5 Å². The third-order valence-corrected chi connectivity index (χ3v) is 1.73. The molecule has 1 heterocycles. The fourth-order valence-corrected chi connectivity index (χ4v) is 1.09. The van der Waals surface area contributed by atoms with Crippen LogP contribution in [0.1, 0.15) is 23.4 Å². The third-order valence-electron chi connectivity index (χ3n) is 1.73. The van der Waals surface area contributed by atoms with Gasteiger partial charge in [-0.25, -0.2) is 13.8 Å². The van der Waals surface area contributed by atoms with Gasteiger partial charge < -0.3 is 5.73 Å². The first-order valence-electron chi connectivity index (χ1n) is 3.94. The molecule has 4 nitrogen and oxygen atoms in total. The molecule has 0 atom stereocenters. The van der Waals surface area contributed by atoms with Crippen LogP contribution >= 0.6 is 0 Å². The molecule has 0 saturated carbocycles. The molecule has 0 aliphatic carbocycles. The fraction of sp³-hybridized carbons (Fsp3) is 0.222. The van der Waals surface area contributed by atoms with E-state index in [1.807, 2.05) is 0 Å². The number of nitrogen functional groups attached to an aromatic ring is 1. The van der Waals surface area contributed by atoms with Crippen LogP contribution in [0, 0.1) is 22.7 Å². The molecule has 0 unspecified atom stereocenters. The van der Waals surface area contributed by atoms with E-state index >= 15 is 0 Å². The SMILES string of the molecule is N#CCc1nc(C(F)F)cc(N)c1C#N. The normalized spacial score (nSPS) is 9.67. The van der Waals surface area contributed by atoms with Crippen LogP contribution in [0.4, 0.5) is 14.5 Å². The van der Waals surface area contributed by atoms with Crippen molar-refractivity contribution in [1.82, 2.24) is 4.98 Å². The van der Waals surface area contributed by atoms with E-state index < -0.39 is 12.1 Å². The second kappa shape index (κ2) is 4.34. The average molecular weight is 208 g/mol. The number of nitrogens with zero attached hydrogens (tertiary/aromatic N) is 3. The summed E-state index contributed by atoms with van der Waals surface area (Å²) < 4.78 is 24.6. The van der Waals surface area contributed by atoms with Gasteiger partial charge in [-0.05, 0) is 6.07 Å². The maximum absolute atomic E-state index is 12.3. The van der Waals surface area contributed by atoms with Crippen LogP contribution in [-0.4, -0.2) is 4.98 Å². The van der Waals surface area contributed by atoms with Gasteiger partial charge in [-0.2, -0.15) is 10.5 Å². The summed E-state index contributed by atoms with van der Waals surface area (Å²) in [4.78, 5) is 3.52. The van der Waals surface area contributed by atoms with E-state index in [0.717, 1.165) is 6.07 Å². The van der Waals surface area contributed by atoms with Gasteiger partial charge in [0.1, 0.15) is 11.8 Å². The van der Waals surface area contributed by atoms with Crippen LogP contribution in [0.2, 0.25) is 0 Å². The lowest BCUT2D eigenvalue weighted by atomic mass is 10.1. The predicted octanol–water partition coefficient (Wildman–Crippen LogP) is 1.54. The molecular weight excluding hydrogens is 202 g/mol. The highest BCUT2D eigenvalue weighted by molar-refractivity contribution is 5.57. The van der Waals surface area contributed by atoms with Crippen molar-refractivity contribution >= 4 is 5.69 Å². The largest absolute Gasteiger partial charge is 0.398 e. The number of alkyl halides is 2. The standard InChI is InChI=1S/C9H6F2N4/c10-9(11)8-3-6(14)5(4-13)7(15-8)1-2-12/h3,9H,1H2,(H2,14,15). The Morgan fingerprint density at radius 1 is 1.47 bits per heavy atom. The summed E-state index contributed by atoms with van der Waals surface area (Å²) in [5, 5.41) is 17.1. The summed E-state index contributed by atoms with van der Waals surface area (Å²) in [5.41, 5.74) is 4.79. The minimum absolute atomic E-state index is 0.00435. The van der Waals surface area contributed by atoms with Gasteiger partial charge in [0.15, 0.2) is 0 Å². The molecule has 1 rings (SSSR count). The van der Waals surface area contributed by atoms with Crippen LogP contribution in [0.25, 0.3) is 0 Å². The molecule has 76 valence electrons. The minimum Gasteiger partial charge on any atom is -0.398 e. The Labute approximate surface area is 84.6 Å². The summed E-state index contributed by atoms with van der Waals surface area (Å²) in [6.07, 6.45) is -2.98. The lowest BCUT2D eigenvalue weighted by Crippen LogP contribution is -2.03. The molecule has 0 aliphatic rings. The van der Waals surface area contributed by atoms with Crippen molar-refractivity contribution in [2.24, 2.45) is 0 Å². The molecule has 0 aliphatic heterocycles. The van der Waals surface area contributed by atoms with E-state index in [0.29, 0.717) is 0 Å². The fourth-order valence-electron chi connectivity index (χ4n) is 1.09. The van der Waals surface area contributed by atoms with Gasteiger partial charge in [0.25, 0.3) is 6.43 Å². The van der Waals surface area contributed by atoms with E-state index in [1.54, 1.807) is 12.1 Å². The first-order chi connectivity index (χ1) is 7.10. The zero-order chi connectivity index (χ0) is 11.4. The van der Waals surface area contributed by atoms with Crippen LogP contribution in [0.15, 0.2) is 6.07 Å². The van der Waals surface area contributed by atoms with Gasteiger partial charge in [0, 0.05) is 0 Å². The zero-order valence-electron chi connectivity index (χ0n) is 7.54. The average Bonchev–Trinajstić information content (AvgIpc) is 2.17. The molecular formula is C9H6F2N4. The number of aromatic nitrogens is 1. The molecule has 0 saturated heterocycles. The first-order valence-corrected chi connectivity index (χ1v) is 3.94. The van der Waals surface area contributed by atoms with E-state index in [-0.39, 0.29) is 23.4 Å². The second-order valence-corrected chi connectivity index (χ2v) is 2.71. The molecule has 15 heavy (non-hydrogen) atoms. The molecule has 0 bridgehead atoms. The number of nitrogens with two attached hydrogens (primary N) is 1. The van der Waals surface area contributed by atoms with E-state index in [4.69, 9.17) is 16.3 Å². The molecule has 2 N–H and O–H groups in total. The molecule has 0 amide bonds. The Kier molecular flexibility index (Phi) is 3.14. The lowest BCUT2D eigenvalue weighted by Gasteiger charge is -2.06. The van der Waals surface area contributed by atoms with Crippen molar-refractivity contribution in [3.63, 3.8) is 0 Å². The molecule has 0 fully saturated rings. The topological polar surface area (TPSA) is 86.5 Å². The van der Waals surface area contributed by atoms with Crippen molar-refractivity contribution in [3.05, 3.63) is 23.0 Å². The first kappa shape index (κ1) is 10.9. The molecule has 0 radical (unpaired) electrons. The monoisotopic (exact) mass is 208 g/mol. The van der Waals surface area contributed by atoms with Crippen molar-refractivity contribution in [3.8, 4) is 12.1 Å². The summed E-state index contributed by atoms with van der Waals surface area (Å²) >= 11 is 0. The Bertz CT molecular complexity index is 456. The highest BCUT2D eigenvalue weighted by Gasteiger charge is 2.15. The highest BCUT2D eigenvalue weighted by Crippen LogP contribution is 2.23. The van der Waals surface area contributed by atoms with Crippen molar-refractivity contribution in [2.75, 3.05) is 5.73 Å². The number of hydrogen-bond donors (Lipinski definition) is 1. The predicted molar refractivity (Wildman–Crippen MR) is 47.6 cm³/mol. The van der Waals surface area contributed by atoms with Gasteiger partial charge in [0.2, 0.25) is 0 Å². The number of anilines is 1. The zero-order valence-corrected chi connectivity index (χ0v) is 7.54. The molecule has 1 aromatic heterocycles. The maximum atomic E-state index is 12.3. The number of nitriles is 2. The van der Waals surface area contributed by atoms with Crippen LogP contribution in [-0.2, 0) is 6.42 Å². The van der Waals surface area contributed by atoms with Crippen LogP contribution < -0.4 is 5.73 Å². The third kappa shape index (κ3) is 2.18. The summed E-state index contributed by atoms with van der Waals surface area (Å²) in [6, 6.07) is 4.42. The van der Waals surface area contributed by atoms with Crippen molar-refractivity contribution in [2.45, 2.75) is 12.8 Å². The number of halogens is 2. The van der Waals surface area contributed by atoms with Gasteiger partial charge >= 0.3 is 0 Å². The van der Waals surface area contributed by atoms with Gasteiger partial charge in [-0.15, -0.1) is 0 Å². The minimum atomic E-state index is -2.77. The van der Waals surface area contributed by atoms with E-state index in [2.05, 4.69) is 4.98 Å². The van der Waals surface area contributed by atoms with Gasteiger partial charge in [-0.1, -0.05) is 0 Å². The van der Waals surface area contributed by atoms with Crippen molar-refractivity contribution < 1.29 is 8.78 Å². The summed E-state index contributed by atoms with van der Waals surface area (Å²) in [7, 11) is 0. The molecule has 0 aromatic carbocycles. The summed E-state index contributed by atoms with van der Waals surface area (Å²) in [6.45, 7) is 0.